The van der Waals surface area contributed by atoms with Crippen molar-refractivity contribution in [2.75, 3.05) is 7.11 Å². The smallest absolute Gasteiger partial charge is 0.321 e. The van der Waals surface area contributed by atoms with E-state index in [4.69, 9.17) is 9.47 Å². The number of hydrogen-bond donors (Lipinski definition) is 1. The molecule has 0 unspecified atom stereocenters. The average Bonchev–Trinajstić information content (AvgIpc) is 2.46. The van der Waals surface area contributed by atoms with E-state index in [1.165, 1.54) is 0 Å². The molecule has 0 atom stereocenters. The summed E-state index contributed by atoms with van der Waals surface area (Å²) < 4.78 is 10.7. The molecule has 0 amide bonds. The van der Waals surface area contributed by atoms with E-state index < -0.39 is 0 Å². The summed E-state index contributed by atoms with van der Waals surface area (Å²) in [6.45, 7) is 7.08. The monoisotopic (exact) mass is 287 g/mol. The predicted molar refractivity (Wildman–Crippen MR) is 81.7 cm³/mol. The van der Waals surface area contributed by atoms with E-state index in [1.54, 1.807) is 25.6 Å². The minimum Gasteiger partial charge on any atom is -0.497 e. The van der Waals surface area contributed by atoms with E-state index in [-0.39, 0.29) is 5.54 Å². The van der Waals surface area contributed by atoms with Crippen LogP contribution >= 0.6 is 0 Å². The molecule has 0 saturated heterocycles. The third-order valence-electron chi connectivity index (χ3n) is 2.75. The molecule has 21 heavy (non-hydrogen) atoms. The summed E-state index contributed by atoms with van der Waals surface area (Å²) in [5, 5.41) is 3.39. The second-order valence-electron chi connectivity index (χ2n) is 5.76. The molecule has 1 aromatic carbocycles. The summed E-state index contributed by atoms with van der Waals surface area (Å²) in [6, 6.07) is 7.66. The Morgan fingerprint density at radius 1 is 1.10 bits per heavy atom. The van der Waals surface area contributed by atoms with E-state index in [2.05, 4.69) is 36.1 Å². The van der Waals surface area contributed by atoms with Crippen LogP contribution in [0.4, 0.5) is 0 Å². The van der Waals surface area contributed by atoms with Gasteiger partial charge < -0.3 is 14.8 Å². The highest BCUT2D eigenvalue weighted by Crippen LogP contribution is 2.22. The molecule has 2 aromatic rings. The second-order valence-corrected chi connectivity index (χ2v) is 5.76. The normalized spacial score (nSPS) is 11.2. The average molecular weight is 287 g/mol. The van der Waals surface area contributed by atoms with Crippen LogP contribution in [0.1, 0.15) is 26.3 Å². The maximum absolute atomic E-state index is 5.60. The number of ether oxygens (including phenoxy) is 2. The highest BCUT2D eigenvalue weighted by atomic mass is 16.5. The van der Waals surface area contributed by atoms with E-state index in [0.717, 1.165) is 17.9 Å². The van der Waals surface area contributed by atoms with Crippen LogP contribution in [0.3, 0.4) is 0 Å². The van der Waals surface area contributed by atoms with Crippen LogP contribution in [0.15, 0.2) is 36.7 Å². The zero-order chi connectivity index (χ0) is 15.3. The maximum Gasteiger partial charge on any atom is 0.321 e. The second kappa shape index (κ2) is 6.54. The Morgan fingerprint density at radius 3 is 2.38 bits per heavy atom. The molecular weight excluding hydrogens is 266 g/mol. The van der Waals surface area contributed by atoms with Crippen molar-refractivity contribution in [3.05, 3.63) is 42.2 Å². The van der Waals surface area contributed by atoms with Crippen molar-refractivity contribution in [2.24, 2.45) is 0 Å². The van der Waals surface area contributed by atoms with Gasteiger partial charge in [-0.15, -0.1) is 0 Å². The molecular formula is C16H21N3O2. The van der Waals surface area contributed by atoms with E-state index in [0.29, 0.717) is 11.8 Å². The van der Waals surface area contributed by atoms with Crippen LogP contribution in [0.25, 0.3) is 0 Å². The first-order valence-corrected chi connectivity index (χ1v) is 6.84. The highest BCUT2D eigenvalue weighted by molar-refractivity contribution is 5.34. The van der Waals surface area contributed by atoms with Crippen molar-refractivity contribution in [1.82, 2.24) is 15.3 Å². The molecule has 1 N–H and O–H groups in total. The van der Waals surface area contributed by atoms with Gasteiger partial charge in [-0.25, -0.2) is 9.97 Å². The van der Waals surface area contributed by atoms with Gasteiger partial charge in [-0.2, -0.15) is 0 Å². The number of nitrogens with zero attached hydrogens (tertiary/aromatic N) is 2. The first kappa shape index (κ1) is 15.3. The molecule has 0 saturated carbocycles. The van der Waals surface area contributed by atoms with E-state index in [1.807, 2.05) is 18.2 Å². The number of methoxy groups -OCH3 is 1. The Balaban J connectivity index is 1.98. The van der Waals surface area contributed by atoms with Crippen LogP contribution in [-0.2, 0) is 6.54 Å². The summed E-state index contributed by atoms with van der Waals surface area (Å²) >= 11 is 0. The van der Waals surface area contributed by atoms with Gasteiger partial charge in [-0.1, -0.05) is 6.07 Å². The zero-order valence-electron chi connectivity index (χ0n) is 12.9. The van der Waals surface area contributed by atoms with Gasteiger partial charge in [0.2, 0.25) is 0 Å². The third kappa shape index (κ3) is 5.04. The third-order valence-corrected chi connectivity index (χ3v) is 2.75. The molecule has 5 heteroatoms. The van der Waals surface area contributed by atoms with Crippen LogP contribution < -0.4 is 14.8 Å². The van der Waals surface area contributed by atoms with Gasteiger partial charge in [0, 0.05) is 36.1 Å². The van der Waals surface area contributed by atoms with Gasteiger partial charge in [0.15, 0.2) is 0 Å². The lowest BCUT2D eigenvalue weighted by Crippen LogP contribution is -2.35. The molecule has 0 bridgehead atoms. The SMILES string of the molecule is COc1cccc(Oc2ncc(CNC(C)(C)C)cn2)c1. The van der Waals surface area contributed by atoms with Crippen molar-refractivity contribution in [3.8, 4) is 17.5 Å². The largest absolute Gasteiger partial charge is 0.497 e. The summed E-state index contributed by atoms with van der Waals surface area (Å²) in [5.41, 5.74) is 1.08. The topological polar surface area (TPSA) is 56.3 Å². The van der Waals surface area contributed by atoms with Gasteiger partial charge >= 0.3 is 6.01 Å². The summed E-state index contributed by atoms with van der Waals surface area (Å²) in [4.78, 5) is 8.43. The minimum absolute atomic E-state index is 0.0652. The number of aromatic nitrogens is 2. The van der Waals surface area contributed by atoms with Crippen molar-refractivity contribution >= 4 is 0 Å². The Bertz CT molecular complexity index is 577. The first-order valence-electron chi connectivity index (χ1n) is 6.84. The summed E-state index contributed by atoms with van der Waals surface area (Å²) in [7, 11) is 1.62. The quantitative estimate of drug-likeness (QED) is 0.915. The van der Waals surface area contributed by atoms with Gasteiger partial charge in [0.05, 0.1) is 7.11 Å². The Labute approximate surface area is 125 Å². The zero-order valence-corrected chi connectivity index (χ0v) is 12.9. The molecule has 1 heterocycles. The Kier molecular flexibility index (Phi) is 4.75. The number of benzene rings is 1. The van der Waals surface area contributed by atoms with Gasteiger partial charge in [-0.05, 0) is 32.9 Å². The Morgan fingerprint density at radius 2 is 1.76 bits per heavy atom. The molecule has 1 aromatic heterocycles. The minimum atomic E-state index is 0.0652. The lowest BCUT2D eigenvalue weighted by molar-refractivity contribution is 0.403. The highest BCUT2D eigenvalue weighted by Gasteiger charge is 2.09. The predicted octanol–water partition coefficient (Wildman–Crippen LogP) is 3.17. The molecule has 0 aliphatic carbocycles. The summed E-state index contributed by atoms with van der Waals surface area (Å²) in [6.07, 6.45) is 3.53. The molecule has 0 spiro atoms. The number of rotatable bonds is 5. The fourth-order valence-corrected chi connectivity index (χ4v) is 1.62. The number of nitrogens with one attached hydrogen (secondary N) is 1. The lowest BCUT2D eigenvalue weighted by Gasteiger charge is -2.20. The number of hydrogen-bond acceptors (Lipinski definition) is 5. The Hall–Kier alpha value is -2.14. The van der Waals surface area contributed by atoms with Crippen molar-refractivity contribution < 1.29 is 9.47 Å². The van der Waals surface area contributed by atoms with Crippen LogP contribution in [-0.4, -0.2) is 22.6 Å². The summed E-state index contributed by atoms with van der Waals surface area (Å²) in [5.74, 6) is 1.38. The first-order chi connectivity index (χ1) is 9.96. The lowest BCUT2D eigenvalue weighted by atomic mass is 10.1. The standard InChI is InChI=1S/C16H21N3O2/c1-16(2,3)19-11-12-9-17-15(18-10-12)21-14-7-5-6-13(8-14)20-4/h5-10,19H,11H2,1-4H3. The van der Waals surface area contributed by atoms with Crippen molar-refractivity contribution in [1.29, 1.82) is 0 Å². The van der Waals surface area contributed by atoms with Crippen molar-refractivity contribution in [2.45, 2.75) is 32.9 Å². The van der Waals surface area contributed by atoms with E-state index in [9.17, 15) is 0 Å². The van der Waals surface area contributed by atoms with Gasteiger partial charge in [-0.3, -0.25) is 0 Å². The van der Waals surface area contributed by atoms with Crippen LogP contribution in [0.5, 0.6) is 17.5 Å². The van der Waals surface area contributed by atoms with E-state index >= 15 is 0 Å². The maximum atomic E-state index is 5.60. The molecule has 2 rings (SSSR count). The molecule has 0 aliphatic heterocycles. The fourth-order valence-electron chi connectivity index (χ4n) is 1.62. The molecule has 112 valence electrons. The van der Waals surface area contributed by atoms with Crippen molar-refractivity contribution in [3.63, 3.8) is 0 Å². The van der Waals surface area contributed by atoms with Crippen LogP contribution in [0, 0.1) is 0 Å². The molecule has 0 radical (unpaired) electrons. The fraction of sp³-hybridized carbons (Fsp3) is 0.375. The molecule has 0 fully saturated rings. The van der Waals surface area contributed by atoms with Gasteiger partial charge in [0.1, 0.15) is 11.5 Å². The van der Waals surface area contributed by atoms with Gasteiger partial charge in [0.25, 0.3) is 0 Å². The van der Waals surface area contributed by atoms with Crippen LogP contribution in [0.2, 0.25) is 0 Å². The molecule has 5 nitrogen and oxygen atoms in total. The molecule has 0 aliphatic rings.